The monoisotopic (exact) mass is 413 g/mol. The standard InChI is InChI=1S/C27H43NO2/c1-17(7-6-8-18(2)28-5)21-9-10-22-25-23(12-14-27(21,22)4)26(3)13-11-20(29)15-19(26)16-24(25)30/h8,17,19-25,29-30H,6-7,9-16H2,1-4H3/b18-8-/t17-,19+,20-,21-,22+,23+,24-,25+,26+,27-/m1/s1. The summed E-state index contributed by atoms with van der Waals surface area (Å²) in [5.41, 5.74) is 1.50. The summed E-state index contributed by atoms with van der Waals surface area (Å²) in [4.78, 5) is 3.53. The number of aliphatic hydroxyl groups excluding tert-OH is 2. The van der Waals surface area contributed by atoms with Crippen LogP contribution in [-0.4, -0.2) is 22.4 Å². The zero-order valence-electron chi connectivity index (χ0n) is 19.6. The average Bonchev–Trinajstić information content (AvgIpc) is 3.06. The molecule has 168 valence electrons. The Morgan fingerprint density at radius 1 is 1.07 bits per heavy atom. The van der Waals surface area contributed by atoms with Gasteiger partial charge in [-0.2, -0.15) is 0 Å². The second kappa shape index (κ2) is 8.25. The number of nitrogens with zero attached hydrogens (tertiary/aromatic N) is 1. The highest BCUT2D eigenvalue weighted by atomic mass is 16.3. The van der Waals surface area contributed by atoms with E-state index in [9.17, 15) is 10.2 Å². The molecule has 2 N–H and O–H groups in total. The van der Waals surface area contributed by atoms with Gasteiger partial charge >= 0.3 is 0 Å². The maximum absolute atomic E-state index is 11.3. The van der Waals surface area contributed by atoms with Gasteiger partial charge in [-0.1, -0.05) is 26.8 Å². The van der Waals surface area contributed by atoms with E-state index in [1.165, 1.54) is 32.1 Å². The van der Waals surface area contributed by atoms with Gasteiger partial charge in [-0.05, 0) is 117 Å². The highest BCUT2D eigenvalue weighted by Crippen LogP contribution is 2.68. The molecular formula is C27H43NO2. The molecule has 0 aromatic rings. The molecule has 0 bridgehead atoms. The molecule has 0 heterocycles. The van der Waals surface area contributed by atoms with Crippen LogP contribution in [0.2, 0.25) is 0 Å². The molecule has 0 aromatic carbocycles. The Morgan fingerprint density at radius 2 is 1.77 bits per heavy atom. The van der Waals surface area contributed by atoms with Gasteiger partial charge in [-0.15, -0.1) is 0 Å². The van der Waals surface area contributed by atoms with Crippen LogP contribution in [0.25, 0.3) is 4.85 Å². The molecule has 4 fully saturated rings. The van der Waals surface area contributed by atoms with Crippen molar-refractivity contribution in [1.82, 2.24) is 0 Å². The van der Waals surface area contributed by atoms with Gasteiger partial charge in [0.15, 0.2) is 5.70 Å². The van der Waals surface area contributed by atoms with Crippen molar-refractivity contribution in [2.75, 3.05) is 0 Å². The predicted molar refractivity (Wildman–Crippen MR) is 121 cm³/mol. The summed E-state index contributed by atoms with van der Waals surface area (Å²) in [6, 6.07) is 0. The Labute approximate surface area is 184 Å². The summed E-state index contributed by atoms with van der Waals surface area (Å²) >= 11 is 0. The summed E-state index contributed by atoms with van der Waals surface area (Å²) in [7, 11) is 0. The van der Waals surface area contributed by atoms with E-state index in [0.717, 1.165) is 43.7 Å². The van der Waals surface area contributed by atoms with Crippen molar-refractivity contribution in [1.29, 1.82) is 0 Å². The fourth-order valence-corrected chi connectivity index (χ4v) is 8.98. The maximum atomic E-state index is 11.3. The zero-order valence-corrected chi connectivity index (χ0v) is 19.6. The smallest absolute Gasteiger partial charge is 0.158 e. The summed E-state index contributed by atoms with van der Waals surface area (Å²) < 4.78 is 0. The molecule has 30 heavy (non-hydrogen) atoms. The first kappa shape index (κ1) is 22.3. The molecule has 0 unspecified atom stereocenters. The SMILES string of the molecule is [C-]#[N+]/C(C)=C\CC[C@@H](C)[C@H]1CC[C@H]2[C@@H]3[C@H](O)C[C@@H]4C[C@H](O)CC[C@]4(C)[C@H]3CC[C@]12C. The van der Waals surface area contributed by atoms with Crippen molar-refractivity contribution in [3.05, 3.63) is 23.2 Å². The summed E-state index contributed by atoms with van der Waals surface area (Å²) in [6.45, 7) is 16.5. The fraction of sp³-hybridized carbons (Fsp3) is 0.889. The molecule has 3 nitrogen and oxygen atoms in total. The first-order valence-corrected chi connectivity index (χ1v) is 12.6. The van der Waals surface area contributed by atoms with E-state index in [1.54, 1.807) is 0 Å². The number of hydrogen-bond donors (Lipinski definition) is 2. The van der Waals surface area contributed by atoms with Crippen molar-refractivity contribution < 1.29 is 10.2 Å². The summed E-state index contributed by atoms with van der Waals surface area (Å²) in [5, 5.41) is 21.6. The molecule has 3 heteroatoms. The molecule has 0 aliphatic heterocycles. The number of aliphatic hydroxyl groups is 2. The molecule has 0 amide bonds. The van der Waals surface area contributed by atoms with Crippen LogP contribution in [0, 0.1) is 52.9 Å². The topological polar surface area (TPSA) is 44.8 Å². The van der Waals surface area contributed by atoms with Gasteiger partial charge in [0.1, 0.15) is 0 Å². The quantitative estimate of drug-likeness (QED) is 0.538. The van der Waals surface area contributed by atoms with Crippen molar-refractivity contribution in [2.45, 2.75) is 104 Å². The van der Waals surface area contributed by atoms with E-state index >= 15 is 0 Å². The highest BCUT2D eigenvalue weighted by molar-refractivity contribution is 5.12. The highest BCUT2D eigenvalue weighted by Gasteiger charge is 2.62. The molecule has 4 saturated carbocycles. The second-order valence-corrected chi connectivity index (χ2v) is 12.0. The van der Waals surface area contributed by atoms with Gasteiger partial charge in [0.25, 0.3) is 0 Å². The van der Waals surface area contributed by atoms with Crippen molar-refractivity contribution in [2.24, 2.45) is 46.3 Å². The molecule has 4 rings (SSSR count). The van der Waals surface area contributed by atoms with Gasteiger partial charge in [0, 0.05) is 0 Å². The van der Waals surface area contributed by atoms with Crippen LogP contribution in [0.3, 0.4) is 0 Å². The lowest BCUT2D eigenvalue weighted by Gasteiger charge is -2.62. The number of rotatable bonds is 4. The van der Waals surface area contributed by atoms with E-state index in [1.807, 2.05) is 6.92 Å². The van der Waals surface area contributed by atoms with Gasteiger partial charge in [0.2, 0.25) is 0 Å². The Hall–Kier alpha value is -0.850. The molecule has 0 saturated heterocycles. The maximum Gasteiger partial charge on any atom is 0.158 e. The van der Waals surface area contributed by atoms with E-state index in [4.69, 9.17) is 6.57 Å². The predicted octanol–water partition coefficient (Wildman–Crippen LogP) is 6.22. The minimum absolute atomic E-state index is 0.155. The first-order chi connectivity index (χ1) is 14.2. The Bertz CT molecular complexity index is 710. The van der Waals surface area contributed by atoms with E-state index in [-0.39, 0.29) is 12.2 Å². The third-order valence-electron chi connectivity index (χ3n) is 10.7. The van der Waals surface area contributed by atoms with Crippen LogP contribution in [0.15, 0.2) is 11.8 Å². The Balaban J connectivity index is 1.51. The fourth-order valence-electron chi connectivity index (χ4n) is 8.98. The zero-order chi connectivity index (χ0) is 21.7. The van der Waals surface area contributed by atoms with Crippen LogP contribution in [0.5, 0.6) is 0 Å². The van der Waals surface area contributed by atoms with Crippen LogP contribution >= 0.6 is 0 Å². The Kier molecular flexibility index (Phi) is 6.15. The van der Waals surface area contributed by atoms with Gasteiger partial charge in [0.05, 0.1) is 18.8 Å². The van der Waals surface area contributed by atoms with Crippen LogP contribution in [0.4, 0.5) is 0 Å². The molecule has 10 atom stereocenters. The molecule has 0 radical (unpaired) electrons. The Morgan fingerprint density at radius 3 is 2.50 bits per heavy atom. The van der Waals surface area contributed by atoms with E-state index in [0.29, 0.717) is 40.4 Å². The third kappa shape index (κ3) is 3.57. The van der Waals surface area contributed by atoms with Gasteiger partial charge < -0.3 is 10.2 Å². The second-order valence-electron chi connectivity index (χ2n) is 12.0. The molecule has 0 spiro atoms. The lowest BCUT2D eigenvalue weighted by atomic mass is 9.43. The number of allylic oxidation sites excluding steroid dienone is 2. The van der Waals surface area contributed by atoms with Crippen molar-refractivity contribution >= 4 is 0 Å². The van der Waals surface area contributed by atoms with Crippen LogP contribution < -0.4 is 0 Å². The lowest BCUT2D eigenvalue weighted by molar-refractivity contribution is -0.174. The van der Waals surface area contributed by atoms with Crippen LogP contribution in [0.1, 0.15) is 91.9 Å². The minimum atomic E-state index is -0.179. The number of hydrogen-bond acceptors (Lipinski definition) is 2. The lowest BCUT2D eigenvalue weighted by Crippen LogP contribution is -2.58. The summed E-state index contributed by atoms with van der Waals surface area (Å²) in [6.07, 6.45) is 13.0. The van der Waals surface area contributed by atoms with Crippen LogP contribution in [-0.2, 0) is 0 Å². The minimum Gasteiger partial charge on any atom is -0.393 e. The molecule has 0 aromatic heterocycles. The number of fused-ring (bicyclic) bond motifs is 5. The molecular weight excluding hydrogens is 370 g/mol. The first-order valence-electron chi connectivity index (χ1n) is 12.6. The molecule has 4 aliphatic rings. The van der Waals surface area contributed by atoms with Crippen molar-refractivity contribution in [3.63, 3.8) is 0 Å². The van der Waals surface area contributed by atoms with Gasteiger partial charge in [-0.25, -0.2) is 4.85 Å². The van der Waals surface area contributed by atoms with E-state index in [2.05, 4.69) is 31.7 Å². The van der Waals surface area contributed by atoms with E-state index < -0.39 is 0 Å². The third-order valence-corrected chi connectivity index (χ3v) is 10.7. The normalized spacial score (nSPS) is 49.5. The average molecular weight is 414 g/mol. The van der Waals surface area contributed by atoms with Gasteiger partial charge in [-0.3, -0.25) is 0 Å². The van der Waals surface area contributed by atoms with Crippen molar-refractivity contribution in [3.8, 4) is 0 Å². The summed E-state index contributed by atoms with van der Waals surface area (Å²) in [5.74, 6) is 3.67. The molecule has 4 aliphatic carbocycles. The largest absolute Gasteiger partial charge is 0.393 e.